The van der Waals surface area contributed by atoms with E-state index < -0.39 is 15.9 Å². The van der Waals surface area contributed by atoms with E-state index in [0.717, 1.165) is 5.56 Å². The fourth-order valence-corrected chi connectivity index (χ4v) is 4.63. The van der Waals surface area contributed by atoms with Gasteiger partial charge in [0.1, 0.15) is 16.9 Å². The summed E-state index contributed by atoms with van der Waals surface area (Å²) in [7, 11) is -2.04. The highest BCUT2D eigenvalue weighted by Gasteiger charge is 2.29. The Hall–Kier alpha value is -2.76. The van der Waals surface area contributed by atoms with Crippen LogP contribution < -0.4 is 5.32 Å². The van der Waals surface area contributed by atoms with Gasteiger partial charge in [-0.2, -0.15) is 9.40 Å². The number of amides is 1. The molecule has 0 unspecified atom stereocenters. The molecule has 1 saturated heterocycles. The summed E-state index contributed by atoms with van der Waals surface area (Å²) in [5, 5.41) is 6.89. The number of anilines is 1. The molecule has 0 atom stereocenters. The van der Waals surface area contributed by atoms with Crippen molar-refractivity contribution in [2.75, 3.05) is 31.6 Å². The summed E-state index contributed by atoms with van der Waals surface area (Å²) >= 11 is 0. The third kappa shape index (κ3) is 3.17. The van der Waals surface area contributed by atoms with Crippen LogP contribution in [0.2, 0.25) is 0 Å². The van der Waals surface area contributed by atoms with E-state index >= 15 is 0 Å². The second-order valence-corrected chi connectivity index (χ2v) is 8.48. The predicted octanol–water partition coefficient (Wildman–Crippen LogP) is 0.649. The molecule has 3 aromatic rings. The maximum Gasteiger partial charge on any atom is 0.272 e. The molecule has 0 spiro atoms. The third-order valence-corrected chi connectivity index (χ3v) is 6.58. The van der Waals surface area contributed by atoms with Crippen molar-refractivity contribution in [2.45, 2.75) is 11.8 Å². The van der Waals surface area contributed by atoms with E-state index in [2.05, 4.69) is 15.4 Å². The fraction of sp³-hybridized carbons (Fsp3) is 0.353. The smallest absolute Gasteiger partial charge is 0.272 e. The number of morpholine rings is 1. The van der Waals surface area contributed by atoms with Crippen LogP contribution in [0.1, 0.15) is 16.1 Å². The van der Waals surface area contributed by atoms with Crippen molar-refractivity contribution in [3.63, 3.8) is 0 Å². The predicted molar refractivity (Wildman–Crippen MR) is 101 cm³/mol. The molecule has 148 valence electrons. The quantitative estimate of drug-likeness (QED) is 0.684. The number of hydrogen-bond donors (Lipinski definition) is 1. The van der Waals surface area contributed by atoms with Crippen molar-refractivity contribution >= 4 is 27.3 Å². The first-order valence-electron chi connectivity index (χ1n) is 8.72. The van der Waals surface area contributed by atoms with Crippen molar-refractivity contribution in [3.05, 3.63) is 42.1 Å². The Labute approximate surface area is 161 Å². The van der Waals surface area contributed by atoms with E-state index in [1.54, 1.807) is 17.8 Å². The first-order chi connectivity index (χ1) is 13.4. The summed E-state index contributed by atoms with van der Waals surface area (Å²) in [6.45, 7) is 3.17. The lowest BCUT2D eigenvalue weighted by atomic mass is 10.2. The van der Waals surface area contributed by atoms with Crippen LogP contribution in [0.5, 0.6) is 0 Å². The van der Waals surface area contributed by atoms with Gasteiger partial charge < -0.3 is 14.6 Å². The Bertz CT molecular complexity index is 1140. The number of fused-ring (bicyclic) bond motifs is 1. The summed E-state index contributed by atoms with van der Waals surface area (Å²) in [5.41, 5.74) is 2.10. The molecule has 0 radical (unpaired) electrons. The number of nitrogens with one attached hydrogen (secondary N) is 1. The largest absolute Gasteiger partial charge is 0.379 e. The summed E-state index contributed by atoms with van der Waals surface area (Å²) in [6, 6.07) is 3.20. The monoisotopic (exact) mass is 404 g/mol. The SMILES string of the molecule is Cc1ccn2ncnc2c1NC(=O)c1cc(S(=O)(=O)N2CCOCC2)cn1C. The second kappa shape index (κ2) is 7.00. The molecule has 10 nitrogen and oxygen atoms in total. The van der Waals surface area contributed by atoms with Crippen LogP contribution >= 0.6 is 0 Å². The third-order valence-electron chi connectivity index (χ3n) is 4.72. The minimum atomic E-state index is -3.68. The minimum absolute atomic E-state index is 0.0828. The van der Waals surface area contributed by atoms with Gasteiger partial charge in [0.15, 0.2) is 5.65 Å². The van der Waals surface area contributed by atoms with Gasteiger partial charge in [0, 0.05) is 32.5 Å². The molecule has 3 aromatic heterocycles. The standard InChI is InChI=1S/C17H20N6O4S/c1-12-3-4-23-16(18-11-19-23)15(12)20-17(24)14-9-13(10-21(14)2)28(25,26)22-5-7-27-8-6-22/h3-4,9-11H,5-8H2,1-2H3,(H,20,24). The van der Waals surface area contributed by atoms with E-state index in [4.69, 9.17) is 4.74 Å². The summed E-state index contributed by atoms with van der Waals surface area (Å²) < 4.78 is 35.3. The summed E-state index contributed by atoms with van der Waals surface area (Å²) in [6.07, 6.45) is 4.60. The van der Waals surface area contributed by atoms with Crippen molar-refractivity contribution in [3.8, 4) is 0 Å². The Morgan fingerprint density at radius 3 is 2.79 bits per heavy atom. The van der Waals surface area contributed by atoms with E-state index in [-0.39, 0.29) is 10.6 Å². The molecular weight excluding hydrogens is 384 g/mol. The van der Waals surface area contributed by atoms with Crippen LogP contribution in [0.15, 0.2) is 35.7 Å². The zero-order valence-corrected chi connectivity index (χ0v) is 16.3. The number of ether oxygens (including phenoxy) is 1. The van der Waals surface area contributed by atoms with Crippen LogP contribution in [0.25, 0.3) is 5.65 Å². The summed E-state index contributed by atoms with van der Waals surface area (Å²) in [4.78, 5) is 17.1. The minimum Gasteiger partial charge on any atom is -0.379 e. The van der Waals surface area contributed by atoms with Crippen molar-refractivity contribution < 1.29 is 17.9 Å². The molecule has 1 fully saturated rings. The van der Waals surface area contributed by atoms with E-state index in [1.165, 1.54) is 27.5 Å². The summed E-state index contributed by atoms with van der Waals surface area (Å²) in [5.74, 6) is -0.426. The van der Waals surface area contributed by atoms with E-state index in [1.807, 2.05) is 13.0 Å². The topological polar surface area (TPSA) is 111 Å². The number of pyridine rings is 1. The van der Waals surface area contributed by atoms with Gasteiger partial charge in [0.2, 0.25) is 10.0 Å². The first-order valence-corrected chi connectivity index (χ1v) is 10.2. The van der Waals surface area contributed by atoms with Crippen molar-refractivity contribution in [1.82, 2.24) is 23.5 Å². The van der Waals surface area contributed by atoms with Gasteiger partial charge in [-0.3, -0.25) is 4.79 Å². The van der Waals surface area contributed by atoms with Gasteiger partial charge in [0.05, 0.1) is 18.9 Å². The molecule has 1 amide bonds. The number of carbonyl (C=O) groups excluding carboxylic acids is 1. The van der Waals surface area contributed by atoms with Gasteiger partial charge in [-0.15, -0.1) is 0 Å². The molecule has 11 heteroatoms. The van der Waals surface area contributed by atoms with Crippen LogP contribution in [0.4, 0.5) is 5.69 Å². The number of nitrogens with zero attached hydrogens (tertiary/aromatic N) is 5. The molecule has 0 saturated carbocycles. The van der Waals surface area contributed by atoms with Gasteiger partial charge in [-0.05, 0) is 24.6 Å². The van der Waals surface area contributed by atoms with Gasteiger partial charge in [-0.1, -0.05) is 0 Å². The Morgan fingerprint density at radius 2 is 2.04 bits per heavy atom. The number of sulfonamides is 1. The second-order valence-electron chi connectivity index (χ2n) is 6.54. The number of aromatic nitrogens is 4. The molecule has 0 aliphatic carbocycles. The van der Waals surface area contributed by atoms with Crippen LogP contribution in [-0.4, -0.2) is 64.1 Å². The number of rotatable bonds is 4. The van der Waals surface area contributed by atoms with E-state index in [0.29, 0.717) is 37.6 Å². The zero-order valence-electron chi connectivity index (χ0n) is 15.5. The highest BCUT2D eigenvalue weighted by atomic mass is 32.2. The number of hydrogen-bond acceptors (Lipinski definition) is 6. The molecule has 28 heavy (non-hydrogen) atoms. The average molecular weight is 404 g/mol. The van der Waals surface area contributed by atoms with Crippen LogP contribution in [0.3, 0.4) is 0 Å². The van der Waals surface area contributed by atoms with Crippen molar-refractivity contribution in [2.24, 2.45) is 7.05 Å². The Kier molecular flexibility index (Phi) is 4.65. The molecule has 4 rings (SSSR count). The highest BCUT2D eigenvalue weighted by molar-refractivity contribution is 7.89. The molecular formula is C17H20N6O4S. The fourth-order valence-electron chi connectivity index (χ4n) is 3.15. The molecule has 4 heterocycles. The van der Waals surface area contributed by atoms with Gasteiger partial charge >= 0.3 is 0 Å². The molecule has 1 aliphatic rings. The van der Waals surface area contributed by atoms with Gasteiger partial charge in [0.25, 0.3) is 5.91 Å². The normalized spacial score (nSPS) is 15.8. The Balaban J connectivity index is 1.64. The number of carbonyl (C=O) groups is 1. The maximum absolute atomic E-state index is 12.9. The zero-order chi connectivity index (χ0) is 19.9. The van der Waals surface area contributed by atoms with Gasteiger partial charge in [-0.25, -0.2) is 17.9 Å². The lowest BCUT2D eigenvalue weighted by Gasteiger charge is -2.25. The Morgan fingerprint density at radius 1 is 1.29 bits per heavy atom. The van der Waals surface area contributed by atoms with Crippen molar-refractivity contribution in [1.29, 1.82) is 0 Å². The van der Waals surface area contributed by atoms with Crippen LogP contribution in [-0.2, 0) is 21.8 Å². The average Bonchev–Trinajstić information content (AvgIpc) is 3.31. The first kappa shape index (κ1) is 18.6. The highest BCUT2D eigenvalue weighted by Crippen LogP contribution is 2.23. The maximum atomic E-state index is 12.9. The lowest BCUT2D eigenvalue weighted by Crippen LogP contribution is -2.40. The van der Waals surface area contributed by atoms with E-state index in [9.17, 15) is 13.2 Å². The van der Waals surface area contributed by atoms with Crippen LogP contribution in [0, 0.1) is 6.92 Å². The molecule has 1 aliphatic heterocycles. The molecule has 0 aromatic carbocycles. The number of aryl methyl sites for hydroxylation is 2. The molecule has 0 bridgehead atoms. The molecule has 1 N–H and O–H groups in total. The lowest BCUT2D eigenvalue weighted by molar-refractivity contribution is 0.0730.